The Morgan fingerprint density at radius 3 is 2.79 bits per heavy atom. The summed E-state index contributed by atoms with van der Waals surface area (Å²) in [5, 5.41) is 19.0. The lowest BCUT2D eigenvalue weighted by Crippen LogP contribution is -2.13. The van der Waals surface area contributed by atoms with Gasteiger partial charge in [-0.1, -0.05) is 0 Å². The third-order valence-corrected chi connectivity index (χ3v) is 2.76. The molecule has 19 heavy (non-hydrogen) atoms. The van der Waals surface area contributed by atoms with Gasteiger partial charge in [-0.2, -0.15) is 4.98 Å². The molecule has 0 aliphatic carbocycles. The van der Waals surface area contributed by atoms with Crippen LogP contribution in [-0.4, -0.2) is 26.0 Å². The van der Waals surface area contributed by atoms with E-state index < -0.39 is 10.8 Å². The van der Waals surface area contributed by atoms with Crippen LogP contribution in [0.1, 0.15) is 10.6 Å². The number of hydrogen-bond acceptors (Lipinski definition) is 6. The number of carbonyl (C=O) groups excluding carboxylic acids is 1. The molecule has 0 spiro atoms. The van der Waals surface area contributed by atoms with Crippen LogP contribution in [0.5, 0.6) is 0 Å². The van der Waals surface area contributed by atoms with Gasteiger partial charge in [-0.05, 0) is 28.1 Å². The van der Waals surface area contributed by atoms with Crippen LogP contribution in [0.4, 0.5) is 17.3 Å². The van der Waals surface area contributed by atoms with Gasteiger partial charge in [-0.15, -0.1) is 5.10 Å². The van der Waals surface area contributed by atoms with E-state index in [1.54, 1.807) is 0 Å². The van der Waals surface area contributed by atoms with Crippen molar-refractivity contribution in [3.63, 3.8) is 0 Å². The van der Waals surface area contributed by atoms with Crippen LogP contribution in [0.3, 0.4) is 0 Å². The molecule has 9 nitrogen and oxygen atoms in total. The van der Waals surface area contributed by atoms with Crippen molar-refractivity contribution in [2.75, 3.05) is 11.1 Å². The summed E-state index contributed by atoms with van der Waals surface area (Å²) in [7, 11) is 0. The highest BCUT2D eigenvalue weighted by molar-refractivity contribution is 9.10. The van der Waals surface area contributed by atoms with Crippen LogP contribution < -0.4 is 11.1 Å². The van der Waals surface area contributed by atoms with Crippen molar-refractivity contribution in [2.45, 2.75) is 0 Å². The third-order valence-electron chi connectivity index (χ3n) is 2.12. The topological polar surface area (TPSA) is 140 Å². The number of hydrogen-bond donors (Lipinski definition) is 3. The maximum absolute atomic E-state index is 11.7. The van der Waals surface area contributed by atoms with Gasteiger partial charge in [0.2, 0.25) is 11.8 Å². The lowest BCUT2D eigenvalue weighted by Gasteiger charge is -2.03. The molecule has 98 valence electrons. The van der Waals surface area contributed by atoms with Crippen molar-refractivity contribution in [1.82, 2.24) is 15.2 Å². The van der Waals surface area contributed by atoms with Crippen molar-refractivity contribution in [3.05, 3.63) is 38.6 Å². The SMILES string of the molecule is Nc1n[nH]c(C(=O)Nc2ccc([N+](=O)[O-])c(Br)c2)n1. The number of aromatic amines is 1. The number of rotatable bonds is 3. The average Bonchev–Trinajstić information content (AvgIpc) is 2.75. The van der Waals surface area contributed by atoms with Crippen molar-refractivity contribution in [2.24, 2.45) is 0 Å². The summed E-state index contributed by atoms with van der Waals surface area (Å²) in [6.45, 7) is 0. The van der Waals surface area contributed by atoms with E-state index >= 15 is 0 Å². The van der Waals surface area contributed by atoms with Gasteiger partial charge >= 0.3 is 0 Å². The van der Waals surface area contributed by atoms with Crippen molar-refractivity contribution >= 4 is 39.2 Å². The van der Waals surface area contributed by atoms with E-state index in [1.165, 1.54) is 18.2 Å². The van der Waals surface area contributed by atoms with Gasteiger partial charge in [0.15, 0.2) is 0 Å². The molecule has 0 aliphatic rings. The molecule has 0 atom stereocenters. The first-order valence-electron chi connectivity index (χ1n) is 4.90. The maximum Gasteiger partial charge on any atom is 0.293 e. The monoisotopic (exact) mass is 326 g/mol. The van der Waals surface area contributed by atoms with Gasteiger partial charge in [0, 0.05) is 11.8 Å². The summed E-state index contributed by atoms with van der Waals surface area (Å²) in [5.74, 6) is -0.646. The van der Waals surface area contributed by atoms with Crippen LogP contribution >= 0.6 is 15.9 Å². The second-order valence-corrected chi connectivity index (χ2v) is 4.27. The van der Waals surface area contributed by atoms with Gasteiger partial charge in [-0.3, -0.25) is 20.0 Å². The highest BCUT2D eigenvalue weighted by Gasteiger charge is 2.15. The van der Waals surface area contributed by atoms with Gasteiger partial charge in [0.1, 0.15) is 0 Å². The molecular weight excluding hydrogens is 320 g/mol. The van der Waals surface area contributed by atoms with E-state index in [-0.39, 0.29) is 21.9 Å². The molecule has 1 aromatic heterocycles. The molecule has 0 radical (unpaired) electrons. The first-order chi connectivity index (χ1) is 8.97. The van der Waals surface area contributed by atoms with Crippen molar-refractivity contribution in [3.8, 4) is 0 Å². The lowest BCUT2D eigenvalue weighted by molar-refractivity contribution is -0.385. The molecule has 0 saturated heterocycles. The number of halogens is 1. The summed E-state index contributed by atoms with van der Waals surface area (Å²) in [6.07, 6.45) is 0. The fourth-order valence-electron chi connectivity index (χ4n) is 1.30. The number of anilines is 2. The Morgan fingerprint density at radius 2 is 2.26 bits per heavy atom. The summed E-state index contributed by atoms with van der Waals surface area (Å²) in [5.41, 5.74) is 5.55. The van der Waals surface area contributed by atoms with E-state index in [9.17, 15) is 14.9 Å². The number of H-pyrrole nitrogens is 1. The van der Waals surface area contributed by atoms with Gasteiger partial charge < -0.3 is 11.1 Å². The number of nitro benzene ring substituents is 1. The fraction of sp³-hybridized carbons (Fsp3) is 0. The Morgan fingerprint density at radius 1 is 1.53 bits per heavy atom. The van der Waals surface area contributed by atoms with E-state index in [4.69, 9.17) is 5.73 Å². The predicted molar refractivity (Wildman–Crippen MR) is 69.5 cm³/mol. The summed E-state index contributed by atoms with van der Waals surface area (Å²) in [4.78, 5) is 25.5. The minimum Gasteiger partial charge on any atom is -0.366 e. The molecule has 2 aromatic rings. The van der Waals surface area contributed by atoms with Gasteiger partial charge in [0.25, 0.3) is 11.6 Å². The molecule has 1 heterocycles. The quantitative estimate of drug-likeness (QED) is 0.573. The first kappa shape index (κ1) is 13.0. The number of nitrogens with two attached hydrogens (primary N) is 1. The number of amides is 1. The zero-order valence-electron chi connectivity index (χ0n) is 9.25. The molecular formula is C9H7BrN6O3. The molecule has 1 amide bonds. The molecule has 0 fully saturated rings. The molecule has 0 saturated carbocycles. The highest BCUT2D eigenvalue weighted by Crippen LogP contribution is 2.27. The standard InChI is InChI=1S/C9H7BrN6O3/c10-5-3-4(1-2-6(5)16(18)19)12-8(17)7-13-9(11)15-14-7/h1-3H,(H,12,17)(H3,11,13,14,15). The second-order valence-electron chi connectivity index (χ2n) is 3.42. The number of benzene rings is 1. The Bertz CT molecular complexity index is 655. The number of nitro groups is 1. The molecule has 0 unspecified atom stereocenters. The third kappa shape index (κ3) is 2.85. The molecule has 0 aliphatic heterocycles. The highest BCUT2D eigenvalue weighted by atomic mass is 79.9. The minimum absolute atomic E-state index is 0.0463. The largest absolute Gasteiger partial charge is 0.366 e. The summed E-state index contributed by atoms with van der Waals surface area (Å²) >= 11 is 3.05. The average molecular weight is 327 g/mol. The smallest absolute Gasteiger partial charge is 0.293 e. The van der Waals surface area contributed by atoms with Crippen LogP contribution in [0.25, 0.3) is 0 Å². The normalized spacial score (nSPS) is 10.2. The predicted octanol–water partition coefficient (Wildman–Crippen LogP) is 1.31. The second kappa shape index (κ2) is 5.02. The first-order valence-corrected chi connectivity index (χ1v) is 5.70. The molecule has 2 rings (SSSR count). The maximum atomic E-state index is 11.7. The summed E-state index contributed by atoms with van der Waals surface area (Å²) < 4.78 is 0.257. The molecule has 1 aromatic carbocycles. The van der Waals surface area contributed by atoms with Crippen LogP contribution in [0.15, 0.2) is 22.7 Å². The Balaban J connectivity index is 2.18. The minimum atomic E-state index is -0.551. The molecule has 0 bridgehead atoms. The summed E-state index contributed by atoms with van der Waals surface area (Å²) in [6, 6.07) is 4.09. The molecule has 10 heteroatoms. The molecule has 4 N–H and O–H groups in total. The van der Waals surface area contributed by atoms with Crippen LogP contribution in [-0.2, 0) is 0 Å². The van der Waals surface area contributed by atoms with Gasteiger partial charge in [-0.25, -0.2) is 0 Å². The fourth-order valence-corrected chi connectivity index (χ4v) is 1.82. The zero-order valence-corrected chi connectivity index (χ0v) is 10.8. The number of nitrogens with one attached hydrogen (secondary N) is 2. The Labute approximate surface area is 114 Å². The van der Waals surface area contributed by atoms with E-state index in [0.717, 1.165) is 0 Å². The van der Waals surface area contributed by atoms with Crippen LogP contribution in [0.2, 0.25) is 0 Å². The van der Waals surface area contributed by atoms with Gasteiger partial charge in [0.05, 0.1) is 9.40 Å². The zero-order chi connectivity index (χ0) is 14.0. The van der Waals surface area contributed by atoms with Crippen molar-refractivity contribution < 1.29 is 9.72 Å². The number of nitrogens with zero attached hydrogens (tertiary/aromatic N) is 3. The number of nitrogen functional groups attached to an aromatic ring is 1. The Kier molecular flexibility index (Phi) is 3.42. The lowest BCUT2D eigenvalue weighted by atomic mass is 10.3. The van der Waals surface area contributed by atoms with E-state index in [2.05, 4.69) is 36.4 Å². The van der Waals surface area contributed by atoms with E-state index in [0.29, 0.717) is 5.69 Å². The van der Waals surface area contributed by atoms with E-state index in [1.807, 2.05) is 0 Å². The van der Waals surface area contributed by atoms with Crippen LogP contribution in [0, 0.1) is 10.1 Å². The van der Waals surface area contributed by atoms with Crippen molar-refractivity contribution in [1.29, 1.82) is 0 Å². The Hall–Kier alpha value is -2.49. The number of aromatic nitrogens is 3. The number of carbonyl (C=O) groups is 1.